The summed E-state index contributed by atoms with van der Waals surface area (Å²) >= 11 is 5.69. The van der Waals surface area contributed by atoms with Gasteiger partial charge in [-0.05, 0) is 30.2 Å². The average molecular weight is 313 g/mol. The fraction of sp³-hybridized carbons (Fsp3) is 0.357. The van der Waals surface area contributed by atoms with E-state index in [1.165, 1.54) is 24.3 Å². The van der Waals surface area contributed by atoms with Crippen molar-refractivity contribution < 1.29 is 19.1 Å². The summed E-state index contributed by atoms with van der Waals surface area (Å²) < 4.78 is 4.78. The molecule has 114 valence electrons. The summed E-state index contributed by atoms with van der Waals surface area (Å²) in [5.74, 6) is -1.09. The van der Waals surface area contributed by atoms with Gasteiger partial charge in [-0.25, -0.2) is 9.59 Å². The fourth-order valence-electron chi connectivity index (χ4n) is 1.30. The van der Waals surface area contributed by atoms with Crippen LogP contribution in [0.4, 0.5) is 4.79 Å². The maximum absolute atomic E-state index is 11.6. The molecule has 0 aliphatic heterocycles. The normalized spacial score (nSPS) is 10.1. The molecule has 0 aromatic heterocycles. The van der Waals surface area contributed by atoms with Crippen LogP contribution in [0.5, 0.6) is 0 Å². The van der Waals surface area contributed by atoms with Gasteiger partial charge >= 0.3 is 12.0 Å². The van der Waals surface area contributed by atoms with Gasteiger partial charge in [0.05, 0.1) is 5.56 Å². The Kier molecular flexibility index (Phi) is 6.68. The number of hydrogen-bond acceptors (Lipinski definition) is 4. The Morgan fingerprint density at radius 2 is 1.81 bits per heavy atom. The summed E-state index contributed by atoms with van der Waals surface area (Å²) in [6.07, 6.45) is 0. The van der Waals surface area contributed by atoms with Gasteiger partial charge in [-0.1, -0.05) is 25.4 Å². The molecule has 0 fully saturated rings. The van der Waals surface area contributed by atoms with E-state index in [9.17, 15) is 14.4 Å². The third kappa shape index (κ3) is 6.76. The quantitative estimate of drug-likeness (QED) is 0.814. The molecule has 3 amide bonds. The van der Waals surface area contributed by atoms with Crippen molar-refractivity contribution in [2.75, 3.05) is 13.2 Å². The Bertz CT molecular complexity index is 514. The van der Waals surface area contributed by atoms with Crippen LogP contribution in [0.15, 0.2) is 24.3 Å². The number of carbonyl (C=O) groups excluding carboxylic acids is 3. The van der Waals surface area contributed by atoms with Crippen LogP contribution in [0.1, 0.15) is 24.2 Å². The number of benzene rings is 1. The summed E-state index contributed by atoms with van der Waals surface area (Å²) in [6.45, 7) is 3.77. The summed E-state index contributed by atoms with van der Waals surface area (Å²) in [5, 5.41) is 5.07. The highest BCUT2D eigenvalue weighted by atomic mass is 35.5. The van der Waals surface area contributed by atoms with Crippen LogP contribution in [0.2, 0.25) is 5.02 Å². The molecule has 7 heteroatoms. The molecule has 0 saturated carbocycles. The lowest BCUT2D eigenvalue weighted by Crippen LogP contribution is -2.42. The molecule has 0 radical (unpaired) electrons. The van der Waals surface area contributed by atoms with Crippen molar-refractivity contribution in [3.63, 3.8) is 0 Å². The number of carbonyl (C=O) groups is 3. The Balaban J connectivity index is 2.34. The van der Waals surface area contributed by atoms with Crippen molar-refractivity contribution in [3.05, 3.63) is 34.9 Å². The highest BCUT2D eigenvalue weighted by Gasteiger charge is 2.12. The van der Waals surface area contributed by atoms with Gasteiger partial charge in [0.2, 0.25) is 0 Å². The zero-order valence-electron chi connectivity index (χ0n) is 11.8. The Morgan fingerprint density at radius 1 is 1.19 bits per heavy atom. The van der Waals surface area contributed by atoms with E-state index in [-0.39, 0.29) is 11.5 Å². The molecule has 0 atom stereocenters. The number of esters is 1. The molecular formula is C14H17ClN2O4. The first-order chi connectivity index (χ1) is 9.88. The molecule has 0 saturated heterocycles. The van der Waals surface area contributed by atoms with Gasteiger partial charge < -0.3 is 10.1 Å². The molecule has 0 aliphatic rings. The topological polar surface area (TPSA) is 84.5 Å². The highest BCUT2D eigenvalue weighted by Crippen LogP contribution is 2.10. The minimum absolute atomic E-state index is 0.272. The molecule has 6 nitrogen and oxygen atoms in total. The zero-order chi connectivity index (χ0) is 15.8. The third-order valence-corrected chi connectivity index (χ3v) is 2.59. The standard InChI is InChI=1S/C14H17ClN2O4/c1-9(2)7-16-14(20)17-12(18)8-21-13(19)10-3-5-11(15)6-4-10/h3-6,9H,7-8H2,1-2H3,(H2,16,17,18,20). The van der Waals surface area contributed by atoms with Gasteiger partial charge in [0.25, 0.3) is 5.91 Å². The Labute approximate surface area is 127 Å². The molecule has 0 spiro atoms. The van der Waals surface area contributed by atoms with Crippen LogP contribution in [0.3, 0.4) is 0 Å². The second kappa shape index (κ2) is 8.26. The molecule has 0 heterocycles. The maximum atomic E-state index is 11.6. The Morgan fingerprint density at radius 3 is 2.38 bits per heavy atom. The van der Waals surface area contributed by atoms with Crippen molar-refractivity contribution in [2.45, 2.75) is 13.8 Å². The zero-order valence-corrected chi connectivity index (χ0v) is 12.6. The molecule has 1 rings (SSSR count). The van der Waals surface area contributed by atoms with E-state index in [0.29, 0.717) is 11.6 Å². The van der Waals surface area contributed by atoms with Crippen LogP contribution in [-0.4, -0.2) is 31.1 Å². The van der Waals surface area contributed by atoms with E-state index >= 15 is 0 Å². The minimum Gasteiger partial charge on any atom is -0.452 e. The van der Waals surface area contributed by atoms with Gasteiger partial charge in [-0.2, -0.15) is 0 Å². The van der Waals surface area contributed by atoms with E-state index in [1.54, 1.807) is 0 Å². The second-order valence-electron chi connectivity index (χ2n) is 4.74. The number of nitrogens with one attached hydrogen (secondary N) is 2. The maximum Gasteiger partial charge on any atom is 0.338 e. The number of imide groups is 1. The van der Waals surface area contributed by atoms with E-state index in [0.717, 1.165) is 0 Å². The monoisotopic (exact) mass is 312 g/mol. The van der Waals surface area contributed by atoms with Gasteiger partial charge in [0.1, 0.15) is 0 Å². The number of ether oxygens (including phenoxy) is 1. The summed E-state index contributed by atoms with van der Waals surface area (Å²) in [5.41, 5.74) is 0.274. The van der Waals surface area contributed by atoms with E-state index in [1.807, 2.05) is 13.8 Å². The Hall–Kier alpha value is -2.08. The number of halogens is 1. The van der Waals surface area contributed by atoms with Gasteiger partial charge in [-0.3, -0.25) is 10.1 Å². The molecule has 1 aromatic rings. The number of urea groups is 1. The van der Waals surface area contributed by atoms with Crippen LogP contribution >= 0.6 is 11.6 Å². The van der Waals surface area contributed by atoms with Crippen LogP contribution in [0, 0.1) is 5.92 Å². The number of rotatable bonds is 5. The third-order valence-electron chi connectivity index (χ3n) is 2.34. The van der Waals surface area contributed by atoms with E-state index in [4.69, 9.17) is 16.3 Å². The summed E-state index contributed by atoms with van der Waals surface area (Å²) in [4.78, 5) is 34.3. The smallest absolute Gasteiger partial charge is 0.338 e. The van der Waals surface area contributed by atoms with E-state index < -0.39 is 24.5 Å². The van der Waals surface area contributed by atoms with Crippen molar-refractivity contribution >= 4 is 29.5 Å². The van der Waals surface area contributed by atoms with Crippen molar-refractivity contribution in [1.82, 2.24) is 10.6 Å². The van der Waals surface area contributed by atoms with Crippen LogP contribution < -0.4 is 10.6 Å². The number of amides is 3. The van der Waals surface area contributed by atoms with Crippen molar-refractivity contribution in [3.8, 4) is 0 Å². The first-order valence-corrected chi connectivity index (χ1v) is 6.76. The van der Waals surface area contributed by atoms with Gasteiger partial charge in [-0.15, -0.1) is 0 Å². The largest absolute Gasteiger partial charge is 0.452 e. The molecule has 0 unspecified atom stereocenters. The summed E-state index contributed by atoms with van der Waals surface area (Å²) in [7, 11) is 0. The predicted molar refractivity (Wildman–Crippen MR) is 78.1 cm³/mol. The molecule has 0 aliphatic carbocycles. The summed E-state index contributed by atoms with van der Waals surface area (Å²) in [6, 6.07) is 5.43. The molecular weight excluding hydrogens is 296 g/mol. The van der Waals surface area contributed by atoms with Crippen molar-refractivity contribution in [1.29, 1.82) is 0 Å². The van der Waals surface area contributed by atoms with E-state index in [2.05, 4.69) is 10.6 Å². The SMILES string of the molecule is CC(C)CNC(=O)NC(=O)COC(=O)c1ccc(Cl)cc1. The van der Waals surface area contributed by atoms with Crippen LogP contribution in [0.25, 0.3) is 0 Å². The van der Waals surface area contributed by atoms with Gasteiger partial charge in [0.15, 0.2) is 6.61 Å². The van der Waals surface area contributed by atoms with Crippen LogP contribution in [-0.2, 0) is 9.53 Å². The second-order valence-corrected chi connectivity index (χ2v) is 5.17. The molecule has 21 heavy (non-hydrogen) atoms. The van der Waals surface area contributed by atoms with Crippen molar-refractivity contribution in [2.24, 2.45) is 5.92 Å². The molecule has 1 aromatic carbocycles. The molecule has 2 N–H and O–H groups in total. The lowest BCUT2D eigenvalue weighted by molar-refractivity contribution is -0.123. The highest BCUT2D eigenvalue weighted by molar-refractivity contribution is 6.30. The molecule has 0 bridgehead atoms. The fourth-order valence-corrected chi connectivity index (χ4v) is 1.43. The predicted octanol–water partition coefficient (Wildman–Crippen LogP) is 1.98. The lowest BCUT2D eigenvalue weighted by Gasteiger charge is -2.09. The lowest BCUT2D eigenvalue weighted by atomic mass is 10.2. The number of hydrogen-bond donors (Lipinski definition) is 2. The first-order valence-electron chi connectivity index (χ1n) is 6.39. The first kappa shape index (κ1) is 17.0. The minimum atomic E-state index is -0.696. The average Bonchev–Trinajstić information content (AvgIpc) is 2.43. The van der Waals surface area contributed by atoms with Gasteiger partial charge in [0, 0.05) is 11.6 Å².